The molecule has 94 valence electrons. The maximum atomic E-state index is 13.5. The Hall–Kier alpha value is -1.88. The molecule has 1 aromatic carbocycles. The fraction of sp³-hybridized carbons (Fsp3) is 0.167. The van der Waals surface area contributed by atoms with Gasteiger partial charge in [0, 0.05) is 17.8 Å². The molecule has 0 spiro atoms. The van der Waals surface area contributed by atoms with E-state index in [1.807, 2.05) is 6.92 Å². The molecule has 0 saturated carbocycles. The molecular formula is C12H11ClFN3O. The SMILES string of the molecule is CCn1cc(NC(=O)c2ccc(Cl)cc2F)cn1. The van der Waals surface area contributed by atoms with E-state index in [1.165, 1.54) is 18.3 Å². The van der Waals surface area contributed by atoms with E-state index in [4.69, 9.17) is 11.6 Å². The van der Waals surface area contributed by atoms with Crippen molar-refractivity contribution < 1.29 is 9.18 Å². The third-order valence-electron chi connectivity index (χ3n) is 2.39. The smallest absolute Gasteiger partial charge is 0.258 e. The first-order chi connectivity index (χ1) is 8.60. The van der Waals surface area contributed by atoms with E-state index in [1.54, 1.807) is 10.9 Å². The maximum Gasteiger partial charge on any atom is 0.258 e. The van der Waals surface area contributed by atoms with Crippen molar-refractivity contribution in [3.8, 4) is 0 Å². The van der Waals surface area contributed by atoms with Crippen LogP contribution in [0, 0.1) is 5.82 Å². The largest absolute Gasteiger partial charge is 0.319 e. The molecule has 18 heavy (non-hydrogen) atoms. The normalized spacial score (nSPS) is 10.4. The van der Waals surface area contributed by atoms with E-state index < -0.39 is 11.7 Å². The molecule has 1 heterocycles. The highest BCUT2D eigenvalue weighted by Crippen LogP contribution is 2.16. The lowest BCUT2D eigenvalue weighted by atomic mass is 10.2. The zero-order valence-electron chi connectivity index (χ0n) is 9.65. The number of aryl methyl sites for hydroxylation is 1. The minimum atomic E-state index is -0.650. The summed E-state index contributed by atoms with van der Waals surface area (Å²) in [6.07, 6.45) is 3.18. The fourth-order valence-electron chi connectivity index (χ4n) is 1.47. The lowest BCUT2D eigenvalue weighted by Gasteiger charge is -2.03. The van der Waals surface area contributed by atoms with Gasteiger partial charge < -0.3 is 5.32 Å². The third kappa shape index (κ3) is 2.68. The molecule has 4 nitrogen and oxygen atoms in total. The van der Waals surface area contributed by atoms with Crippen LogP contribution in [0.15, 0.2) is 30.6 Å². The number of amides is 1. The van der Waals surface area contributed by atoms with Crippen LogP contribution in [0.5, 0.6) is 0 Å². The Bertz CT molecular complexity index is 582. The van der Waals surface area contributed by atoms with E-state index in [-0.39, 0.29) is 10.6 Å². The zero-order chi connectivity index (χ0) is 13.1. The number of hydrogen-bond acceptors (Lipinski definition) is 2. The zero-order valence-corrected chi connectivity index (χ0v) is 10.4. The van der Waals surface area contributed by atoms with Gasteiger partial charge in [-0.05, 0) is 25.1 Å². The molecule has 1 aromatic heterocycles. The molecule has 0 aliphatic carbocycles. The molecule has 0 aliphatic heterocycles. The van der Waals surface area contributed by atoms with Gasteiger partial charge in [-0.1, -0.05) is 11.6 Å². The predicted octanol–water partition coefficient (Wildman–Crippen LogP) is 2.95. The minimum absolute atomic E-state index is 0.0522. The number of carbonyl (C=O) groups is 1. The summed E-state index contributed by atoms with van der Waals surface area (Å²) in [6.45, 7) is 2.63. The highest BCUT2D eigenvalue weighted by molar-refractivity contribution is 6.30. The van der Waals surface area contributed by atoms with E-state index in [2.05, 4.69) is 10.4 Å². The van der Waals surface area contributed by atoms with Crippen molar-refractivity contribution in [3.63, 3.8) is 0 Å². The number of rotatable bonds is 3. The second-order valence-electron chi connectivity index (χ2n) is 3.66. The van der Waals surface area contributed by atoms with Gasteiger partial charge in [0.05, 0.1) is 17.4 Å². The van der Waals surface area contributed by atoms with Gasteiger partial charge in [0.25, 0.3) is 5.91 Å². The van der Waals surface area contributed by atoms with Crippen LogP contribution in [0.2, 0.25) is 5.02 Å². The molecule has 6 heteroatoms. The van der Waals surface area contributed by atoms with Gasteiger partial charge in [-0.25, -0.2) is 4.39 Å². The standard InChI is InChI=1S/C12H11ClFN3O/c1-2-17-7-9(6-15-17)16-12(18)10-4-3-8(13)5-11(10)14/h3-7H,2H2,1H3,(H,16,18). The number of hydrogen-bond donors (Lipinski definition) is 1. The van der Waals surface area contributed by atoms with Crippen LogP contribution < -0.4 is 5.32 Å². The number of aromatic nitrogens is 2. The number of anilines is 1. The van der Waals surface area contributed by atoms with Crippen LogP contribution in [0.1, 0.15) is 17.3 Å². The van der Waals surface area contributed by atoms with Crippen molar-refractivity contribution in [1.29, 1.82) is 0 Å². The fourth-order valence-corrected chi connectivity index (χ4v) is 1.63. The number of nitrogens with one attached hydrogen (secondary N) is 1. The van der Waals surface area contributed by atoms with E-state index in [9.17, 15) is 9.18 Å². The van der Waals surface area contributed by atoms with Gasteiger partial charge in [0.1, 0.15) is 5.82 Å². The molecule has 0 atom stereocenters. The first-order valence-electron chi connectivity index (χ1n) is 5.39. The quantitative estimate of drug-likeness (QED) is 0.929. The monoisotopic (exact) mass is 267 g/mol. The average Bonchev–Trinajstić information content (AvgIpc) is 2.76. The van der Waals surface area contributed by atoms with Crippen LogP contribution in [-0.4, -0.2) is 15.7 Å². The first-order valence-corrected chi connectivity index (χ1v) is 5.77. The van der Waals surface area contributed by atoms with Gasteiger partial charge in [-0.2, -0.15) is 5.10 Å². The Kier molecular flexibility index (Phi) is 3.62. The molecule has 0 unspecified atom stereocenters. The molecule has 2 aromatic rings. The lowest BCUT2D eigenvalue weighted by molar-refractivity contribution is 0.102. The molecular weight excluding hydrogens is 257 g/mol. The first kappa shape index (κ1) is 12.6. The molecule has 1 N–H and O–H groups in total. The van der Waals surface area contributed by atoms with Crippen molar-refractivity contribution >= 4 is 23.2 Å². The van der Waals surface area contributed by atoms with Crippen LogP contribution in [0.25, 0.3) is 0 Å². The molecule has 0 bridgehead atoms. The van der Waals surface area contributed by atoms with Gasteiger partial charge in [-0.3, -0.25) is 9.48 Å². The number of nitrogens with zero attached hydrogens (tertiary/aromatic N) is 2. The van der Waals surface area contributed by atoms with Crippen molar-refractivity contribution in [2.45, 2.75) is 13.5 Å². The number of benzene rings is 1. The Morgan fingerprint density at radius 3 is 2.94 bits per heavy atom. The second-order valence-corrected chi connectivity index (χ2v) is 4.10. The molecule has 2 rings (SSSR count). The summed E-state index contributed by atoms with van der Waals surface area (Å²) in [5, 5.41) is 6.83. The summed E-state index contributed by atoms with van der Waals surface area (Å²) in [5.41, 5.74) is 0.472. The number of carbonyl (C=O) groups excluding carboxylic acids is 1. The summed E-state index contributed by atoms with van der Waals surface area (Å²) < 4.78 is 15.2. The Morgan fingerprint density at radius 1 is 1.56 bits per heavy atom. The minimum Gasteiger partial charge on any atom is -0.319 e. The van der Waals surface area contributed by atoms with Crippen molar-refractivity contribution in [3.05, 3.63) is 47.0 Å². The topological polar surface area (TPSA) is 46.9 Å². The number of halogens is 2. The van der Waals surface area contributed by atoms with E-state index >= 15 is 0 Å². The van der Waals surface area contributed by atoms with Crippen LogP contribution in [0.3, 0.4) is 0 Å². The maximum absolute atomic E-state index is 13.5. The summed E-state index contributed by atoms with van der Waals surface area (Å²) in [4.78, 5) is 11.8. The Labute approximate surface area is 108 Å². The molecule has 0 saturated heterocycles. The molecule has 0 aliphatic rings. The predicted molar refractivity (Wildman–Crippen MR) is 67.3 cm³/mol. The average molecular weight is 268 g/mol. The van der Waals surface area contributed by atoms with Crippen molar-refractivity contribution in [2.24, 2.45) is 0 Å². The van der Waals surface area contributed by atoms with Crippen molar-refractivity contribution in [2.75, 3.05) is 5.32 Å². The summed E-state index contributed by atoms with van der Waals surface area (Å²) in [6, 6.07) is 3.91. The van der Waals surface area contributed by atoms with Gasteiger partial charge >= 0.3 is 0 Å². The highest BCUT2D eigenvalue weighted by atomic mass is 35.5. The lowest BCUT2D eigenvalue weighted by Crippen LogP contribution is -2.13. The van der Waals surface area contributed by atoms with Gasteiger partial charge in [0.2, 0.25) is 0 Å². The van der Waals surface area contributed by atoms with Crippen LogP contribution >= 0.6 is 11.6 Å². The van der Waals surface area contributed by atoms with Crippen LogP contribution in [-0.2, 0) is 6.54 Å². The van der Waals surface area contributed by atoms with E-state index in [0.717, 1.165) is 6.07 Å². The second kappa shape index (κ2) is 5.18. The Balaban J connectivity index is 2.16. The third-order valence-corrected chi connectivity index (χ3v) is 2.63. The van der Waals surface area contributed by atoms with Crippen LogP contribution in [0.4, 0.5) is 10.1 Å². The highest BCUT2D eigenvalue weighted by Gasteiger charge is 2.12. The molecule has 0 radical (unpaired) electrons. The van der Waals surface area contributed by atoms with Gasteiger partial charge in [0.15, 0.2) is 0 Å². The van der Waals surface area contributed by atoms with Gasteiger partial charge in [-0.15, -0.1) is 0 Å². The molecule has 1 amide bonds. The molecule has 0 fully saturated rings. The summed E-state index contributed by atoms with van der Waals surface area (Å²) in [7, 11) is 0. The Morgan fingerprint density at radius 2 is 2.33 bits per heavy atom. The van der Waals surface area contributed by atoms with Crippen molar-refractivity contribution in [1.82, 2.24) is 9.78 Å². The summed E-state index contributed by atoms with van der Waals surface area (Å²) >= 11 is 5.62. The summed E-state index contributed by atoms with van der Waals surface area (Å²) in [5.74, 6) is -1.18. The van der Waals surface area contributed by atoms with E-state index in [0.29, 0.717) is 12.2 Å².